The first-order valence-electron chi connectivity index (χ1n) is 9.71. The summed E-state index contributed by atoms with van der Waals surface area (Å²) in [7, 11) is 0. The number of anilines is 1. The van der Waals surface area contributed by atoms with Gasteiger partial charge in [0, 0.05) is 12.4 Å². The molecule has 0 radical (unpaired) electrons. The third-order valence-electron chi connectivity index (χ3n) is 4.53. The number of thiazole rings is 1. The van der Waals surface area contributed by atoms with Crippen LogP contribution in [0.2, 0.25) is 0 Å². The molecule has 1 atom stereocenters. The fourth-order valence-corrected chi connectivity index (χ4v) is 4.60. The number of imide groups is 1. The number of carbonyl (C=O) groups excluding carboxylic acids is 3. The van der Waals surface area contributed by atoms with Crippen LogP contribution in [0.3, 0.4) is 0 Å². The van der Waals surface area contributed by atoms with E-state index in [2.05, 4.69) is 20.6 Å². The third-order valence-corrected chi connectivity index (χ3v) is 6.36. The molecule has 0 aliphatic carbocycles. The first-order chi connectivity index (χ1) is 15.5. The van der Waals surface area contributed by atoms with Gasteiger partial charge in [-0.2, -0.15) is 0 Å². The van der Waals surface area contributed by atoms with Crippen molar-refractivity contribution in [1.29, 1.82) is 0 Å². The third kappa shape index (κ3) is 4.82. The molecule has 1 unspecified atom stereocenters. The van der Waals surface area contributed by atoms with E-state index in [-0.39, 0.29) is 10.6 Å². The number of nitrogens with one attached hydrogen (secondary N) is 2. The lowest BCUT2D eigenvalue weighted by molar-refractivity contribution is 0.0809. The van der Waals surface area contributed by atoms with Crippen LogP contribution in [-0.4, -0.2) is 27.9 Å². The van der Waals surface area contributed by atoms with Crippen molar-refractivity contribution in [2.75, 3.05) is 5.32 Å². The largest absolute Gasteiger partial charge is 0.441 e. The summed E-state index contributed by atoms with van der Waals surface area (Å²) in [4.78, 5) is 45.8. The van der Waals surface area contributed by atoms with Gasteiger partial charge in [-0.25, -0.2) is 9.78 Å². The van der Waals surface area contributed by atoms with Crippen molar-refractivity contribution in [1.82, 2.24) is 15.3 Å². The van der Waals surface area contributed by atoms with Crippen LogP contribution in [0.5, 0.6) is 0 Å². The molecule has 2 N–H and O–H groups in total. The molecule has 10 heteroatoms. The van der Waals surface area contributed by atoms with E-state index in [0.29, 0.717) is 16.9 Å². The van der Waals surface area contributed by atoms with Crippen LogP contribution in [-0.2, 0) is 4.74 Å². The number of amides is 3. The van der Waals surface area contributed by atoms with E-state index in [0.717, 1.165) is 10.3 Å². The molecule has 4 aromatic rings. The number of rotatable bonds is 6. The zero-order valence-electron chi connectivity index (χ0n) is 16.9. The second kappa shape index (κ2) is 9.67. The molecule has 1 aromatic carbocycles. The van der Waals surface area contributed by atoms with Gasteiger partial charge in [-0.1, -0.05) is 37.3 Å². The molecule has 162 valence electrons. The highest BCUT2D eigenvalue weighted by atomic mass is 32.1. The van der Waals surface area contributed by atoms with Crippen LogP contribution < -0.4 is 10.6 Å². The maximum Gasteiger partial charge on any atom is 0.414 e. The molecule has 3 amide bonds. The summed E-state index contributed by atoms with van der Waals surface area (Å²) in [6, 6.07) is 12.5. The summed E-state index contributed by atoms with van der Waals surface area (Å²) < 4.78 is 6.19. The number of thiophene rings is 1. The Morgan fingerprint density at radius 1 is 1.09 bits per heavy atom. The second-order valence-corrected chi connectivity index (χ2v) is 8.59. The maximum absolute atomic E-state index is 12.6. The van der Waals surface area contributed by atoms with Crippen molar-refractivity contribution in [3.05, 3.63) is 76.4 Å². The van der Waals surface area contributed by atoms with E-state index in [1.807, 2.05) is 37.3 Å². The van der Waals surface area contributed by atoms with Crippen LogP contribution in [0.25, 0.3) is 10.2 Å². The minimum Gasteiger partial charge on any atom is -0.441 e. The van der Waals surface area contributed by atoms with Gasteiger partial charge in [0.25, 0.3) is 11.8 Å². The Balaban J connectivity index is 1.41. The number of hydrogen-bond acceptors (Lipinski definition) is 8. The molecular weight excluding hydrogens is 448 g/mol. The molecule has 3 aromatic heterocycles. The Morgan fingerprint density at radius 3 is 2.66 bits per heavy atom. The Morgan fingerprint density at radius 2 is 1.91 bits per heavy atom. The summed E-state index contributed by atoms with van der Waals surface area (Å²) in [6.45, 7) is 1.89. The highest BCUT2D eigenvalue weighted by Gasteiger charge is 2.22. The number of fused-ring (bicyclic) bond motifs is 1. The number of hydrogen-bond donors (Lipinski definition) is 2. The predicted octanol–water partition coefficient (Wildman–Crippen LogP) is 5.02. The maximum atomic E-state index is 12.6. The van der Waals surface area contributed by atoms with Gasteiger partial charge < -0.3 is 10.1 Å². The summed E-state index contributed by atoms with van der Waals surface area (Å²) in [5.74, 6) is -1.11. The van der Waals surface area contributed by atoms with Gasteiger partial charge in [0.1, 0.15) is 11.1 Å². The number of aromatic nitrogens is 2. The average Bonchev–Trinajstić information content (AvgIpc) is 3.45. The molecule has 0 aliphatic heterocycles. The van der Waals surface area contributed by atoms with Gasteiger partial charge in [-0.05, 0) is 29.5 Å². The van der Waals surface area contributed by atoms with Crippen molar-refractivity contribution in [2.24, 2.45) is 0 Å². The van der Waals surface area contributed by atoms with Gasteiger partial charge in [-0.15, -0.1) is 22.7 Å². The second-order valence-electron chi connectivity index (χ2n) is 6.65. The minimum atomic E-state index is -0.854. The first kappa shape index (κ1) is 21.6. The molecule has 0 saturated carbocycles. The summed E-state index contributed by atoms with van der Waals surface area (Å²) in [5, 5.41) is 7.13. The normalized spacial score (nSPS) is 11.7. The molecule has 0 aliphatic rings. The predicted molar refractivity (Wildman–Crippen MR) is 123 cm³/mol. The molecular formula is C22H18N4O4S2. The SMILES string of the molecule is CCC(OC(=O)NC(=O)c1ccsc1NC(=O)c1nc2ccncc2s1)c1ccccc1. The van der Waals surface area contributed by atoms with Crippen LogP contribution in [0.15, 0.2) is 60.2 Å². The van der Waals surface area contributed by atoms with Gasteiger partial charge in [0.05, 0.1) is 15.8 Å². The van der Waals surface area contributed by atoms with E-state index < -0.39 is 24.0 Å². The van der Waals surface area contributed by atoms with Gasteiger partial charge in [0.15, 0.2) is 5.01 Å². The van der Waals surface area contributed by atoms with Crippen LogP contribution in [0.4, 0.5) is 9.80 Å². The molecule has 3 heterocycles. The van der Waals surface area contributed by atoms with Crippen molar-refractivity contribution in [2.45, 2.75) is 19.4 Å². The summed E-state index contributed by atoms with van der Waals surface area (Å²) in [6.07, 6.45) is 2.47. The lowest BCUT2D eigenvalue weighted by atomic mass is 10.1. The molecule has 0 fully saturated rings. The van der Waals surface area contributed by atoms with Crippen molar-refractivity contribution < 1.29 is 19.1 Å². The number of carbonyl (C=O) groups is 3. The molecule has 0 saturated heterocycles. The Hall–Kier alpha value is -3.63. The zero-order chi connectivity index (χ0) is 22.5. The number of pyridine rings is 1. The molecule has 32 heavy (non-hydrogen) atoms. The number of benzene rings is 1. The van der Waals surface area contributed by atoms with Crippen molar-refractivity contribution in [3.63, 3.8) is 0 Å². The molecule has 0 spiro atoms. The van der Waals surface area contributed by atoms with Gasteiger partial charge in [-0.3, -0.25) is 19.9 Å². The highest BCUT2D eigenvalue weighted by molar-refractivity contribution is 7.20. The topological polar surface area (TPSA) is 110 Å². The van der Waals surface area contributed by atoms with E-state index in [4.69, 9.17) is 4.74 Å². The van der Waals surface area contributed by atoms with E-state index in [9.17, 15) is 14.4 Å². The van der Waals surface area contributed by atoms with Crippen LogP contribution >= 0.6 is 22.7 Å². The van der Waals surface area contributed by atoms with E-state index in [1.165, 1.54) is 28.7 Å². The van der Waals surface area contributed by atoms with Crippen LogP contribution in [0, 0.1) is 0 Å². The average molecular weight is 467 g/mol. The summed E-state index contributed by atoms with van der Waals surface area (Å²) >= 11 is 2.37. The fraction of sp³-hybridized carbons (Fsp3) is 0.136. The standard InChI is InChI=1S/C22H18N4O4S2/c1-2-16(13-6-4-3-5-7-13)30-22(29)26-18(27)14-9-11-31-20(14)25-19(28)21-24-15-8-10-23-12-17(15)32-21/h3-12,16H,2H2,1H3,(H,25,28)(H,26,27,29). The quantitative estimate of drug-likeness (QED) is 0.413. The van der Waals surface area contributed by atoms with E-state index in [1.54, 1.807) is 23.8 Å². The van der Waals surface area contributed by atoms with Crippen molar-refractivity contribution in [3.8, 4) is 0 Å². The van der Waals surface area contributed by atoms with Gasteiger partial charge >= 0.3 is 6.09 Å². The van der Waals surface area contributed by atoms with Crippen molar-refractivity contribution >= 4 is 55.8 Å². The fourth-order valence-electron chi connectivity index (χ4n) is 2.99. The molecule has 8 nitrogen and oxygen atoms in total. The van der Waals surface area contributed by atoms with Crippen LogP contribution in [0.1, 0.15) is 45.2 Å². The van der Waals surface area contributed by atoms with E-state index >= 15 is 0 Å². The Bertz CT molecular complexity index is 1240. The number of alkyl carbamates (subject to hydrolysis) is 1. The Labute approximate surface area is 191 Å². The highest BCUT2D eigenvalue weighted by Crippen LogP contribution is 2.26. The lowest BCUT2D eigenvalue weighted by Crippen LogP contribution is -2.32. The Kier molecular flexibility index (Phi) is 6.52. The number of ether oxygens (including phenoxy) is 1. The zero-order valence-corrected chi connectivity index (χ0v) is 18.5. The minimum absolute atomic E-state index is 0.163. The monoisotopic (exact) mass is 466 g/mol. The smallest absolute Gasteiger partial charge is 0.414 e. The molecule has 0 bridgehead atoms. The van der Waals surface area contributed by atoms with Gasteiger partial charge in [0.2, 0.25) is 0 Å². The first-order valence-corrected chi connectivity index (χ1v) is 11.4. The number of nitrogens with zero attached hydrogens (tertiary/aromatic N) is 2. The lowest BCUT2D eigenvalue weighted by Gasteiger charge is -2.16. The molecule has 4 rings (SSSR count). The summed E-state index contributed by atoms with van der Waals surface area (Å²) in [5.41, 5.74) is 1.67.